The number of hydrogen-bond donors (Lipinski definition) is 2. The van der Waals surface area contributed by atoms with Crippen molar-refractivity contribution < 1.29 is 4.79 Å². The molecule has 6 heteroatoms. The predicted molar refractivity (Wildman–Crippen MR) is 75.6 cm³/mol. The maximum absolute atomic E-state index is 11.0. The lowest BCUT2D eigenvalue weighted by molar-refractivity contribution is -0.119. The molecule has 0 unspecified atom stereocenters. The van der Waals surface area contributed by atoms with Crippen molar-refractivity contribution in [2.24, 2.45) is 5.73 Å². The molecule has 0 saturated heterocycles. The zero-order valence-electron chi connectivity index (χ0n) is 11.3. The van der Waals surface area contributed by atoms with E-state index in [4.69, 9.17) is 5.73 Å². The first-order valence-corrected chi connectivity index (χ1v) is 7.05. The van der Waals surface area contributed by atoms with E-state index in [-0.39, 0.29) is 18.5 Å². The van der Waals surface area contributed by atoms with Crippen molar-refractivity contribution in [1.82, 2.24) is 9.88 Å². The Kier molecular flexibility index (Phi) is 6.07. The lowest BCUT2D eigenvalue weighted by atomic mass is 10.3. The van der Waals surface area contributed by atoms with Crippen LogP contribution in [0.5, 0.6) is 0 Å². The highest BCUT2D eigenvalue weighted by atomic mass is 32.1. The predicted octanol–water partition coefficient (Wildman–Crippen LogP) is 1.66. The Labute approximate surface area is 112 Å². The molecule has 3 N–H and O–H groups in total. The Hall–Kier alpha value is -1.14. The van der Waals surface area contributed by atoms with Crippen LogP contribution in [0.2, 0.25) is 0 Å². The van der Waals surface area contributed by atoms with Crippen molar-refractivity contribution in [2.75, 3.05) is 18.4 Å². The molecule has 1 rings (SSSR count). The van der Waals surface area contributed by atoms with Crippen LogP contribution in [0.3, 0.4) is 0 Å². The number of rotatable bonds is 8. The van der Waals surface area contributed by atoms with Gasteiger partial charge in [-0.25, -0.2) is 4.98 Å². The molecule has 0 aliphatic carbocycles. The highest BCUT2D eigenvalue weighted by Crippen LogP contribution is 2.20. The van der Waals surface area contributed by atoms with Gasteiger partial charge in [0.2, 0.25) is 5.91 Å². The number of anilines is 1. The van der Waals surface area contributed by atoms with Gasteiger partial charge in [-0.2, -0.15) is 0 Å². The fourth-order valence-electron chi connectivity index (χ4n) is 1.52. The second-order valence-electron chi connectivity index (χ2n) is 4.52. The minimum absolute atomic E-state index is 0.284. The van der Waals surface area contributed by atoms with E-state index < -0.39 is 0 Å². The van der Waals surface area contributed by atoms with E-state index in [0.717, 1.165) is 23.0 Å². The summed E-state index contributed by atoms with van der Waals surface area (Å²) in [7, 11) is 0. The first kappa shape index (κ1) is 14.9. The van der Waals surface area contributed by atoms with Gasteiger partial charge in [-0.05, 0) is 20.3 Å². The Bertz CT molecular complexity index is 378. The Morgan fingerprint density at radius 3 is 2.89 bits per heavy atom. The number of carbonyl (C=O) groups excluding carboxylic acids is 1. The van der Waals surface area contributed by atoms with E-state index in [1.165, 1.54) is 0 Å². The lowest BCUT2D eigenvalue weighted by Crippen LogP contribution is -2.37. The van der Waals surface area contributed by atoms with Crippen LogP contribution >= 0.6 is 11.3 Å². The van der Waals surface area contributed by atoms with Crippen LogP contribution in [0.25, 0.3) is 0 Å². The molecule has 0 spiro atoms. The largest absolute Gasteiger partial charge is 0.369 e. The third kappa shape index (κ3) is 5.01. The standard InChI is InChI=1S/C12H22N4OS/c1-4-5-14-12-15-6-10(18-12)7-16(9(2)3)8-11(13)17/h6,9H,4-5,7-8H2,1-3H3,(H2,13,17)(H,14,15). The molecular weight excluding hydrogens is 248 g/mol. The first-order chi connectivity index (χ1) is 8.52. The third-order valence-corrected chi connectivity index (χ3v) is 3.47. The summed E-state index contributed by atoms with van der Waals surface area (Å²) in [5, 5.41) is 4.19. The smallest absolute Gasteiger partial charge is 0.231 e. The Morgan fingerprint density at radius 2 is 2.33 bits per heavy atom. The van der Waals surface area contributed by atoms with E-state index in [0.29, 0.717) is 6.54 Å². The van der Waals surface area contributed by atoms with Crippen LogP contribution in [0.15, 0.2) is 6.20 Å². The van der Waals surface area contributed by atoms with Gasteiger partial charge < -0.3 is 11.1 Å². The zero-order chi connectivity index (χ0) is 13.5. The second kappa shape index (κ2) is 7.33. The van der Waals surface area contributed by atoms with Gasteiger partial charge in [0.05, 0.1) is 6.54 Å². The van der Waals surface area contributed by atoms with Gasteiger partial charge in [0.25, 0.3) is 0 Å². The summed E-state index contributed by atoms with van der Waals surface area (Å²) in [5.74, 6) is -0.294. The van der Waals surface area contributed by atoms with Crippen molar-refractivity contribution in [2.45, 2.75) is 39.8 Å². The van der Waals surface area contributed by atoms with Crippen LogP contribution in [-0.2, 0) is 11.3 Å². The minimum Gasteiger partial charge on any atom is -0.369 e. The fraction of sp³-hybridized carbons (Fsp3) is 0.667. The van der Waals surface area contributed by atoms with Gasteiger partial charge in [0, 0.05) is 30.2 Å². The molecule has 1 aromatic rings. The highest BCUT2D eigenvalue weighted by molar-refractivity contribution is 7.15. The average Bonchev–Trinajstić information content (AvgIpc) is 2.72. The monoisotopic (exact) mass is 270 g/mol. The number of thiazole rings is 1. The van der Waals surface area contributed by atoms with Gasteiger partial charge in [0.15, 0.2) is 5.13 Å². The molecule has 0 aliphatic heterocycles. The van der Waals surface area contributed by atoms with E-state index in [1.54, 1.807) is 11.3 Å². The number of nitrogens with zero attached hydrogens (tertiary/aromatic N) is 2. The summed E-state index contributed by atoms with van der Waals surface area (Å²) in [6.07, 6.45) is 2.94. The number of aromatic nitrogens is 1. The van der Waals surface area contributed by atoms with E-state index in [2.05, 4.69) is 31.1 Å². The second-order valence-corrected chi connectivity index (χ2v) is 5.64. The summed E-state index contributed by atoms with van der Waals surface area (Å²) >= 11 is 1.63. The molecule has 0 atom stereocenters. The van der Waals surface area contributed by atoms with Gasteiger partial charge in [-0.3, -0.25) is 9.69 Å². The maximum atomic E-state index is 11.0. The zero-order valence-corrected chi connectivity index (χ0v) is 12.1. The van der Waals surface area contributed by atoms with Crippen LogP contribution < -0.4 is 11.1 Å². The molecular formula is C12H22N4OS. The molecule has 0 saturated carbocycles. The van der Waals surface area contributed by atoms with Crippen LogP contribution in [0.4, 0.5) is 5.13 Å². The molecule has 0 fully saturated rings. The summed E-state index contributed by atoms with van der Waals surface area (Å²) in [6, 6.07) is 0.284. The summed E-state index contributed by atoms with van der Waals surface area (Å²) in [5.41, 5.74) is 5.25. The Morgan fingerprint density at radius 1 is 1.61 bits per heavy atom. The van der Waals surface area contributed by atoms with Crippen LogP contribution in [-0.4, -0.2) is 34.9 Å². The van der Waals surface area contributed by atoms with Crippen molar-refractivity contribution in [3.8, 4) is 0 Å². The molecule has 1 amide bonds. The maximum Gasteiger partial charge on any atom is 0.231 e. The topological polar surface area (TPSA) is 71.2 Å². The van der Waals surface area contributed by atoms with Gasteiger partial charge in [0.1, 0.15) is 0 Å². The Balaban J connectivity index is 2.57. The molecule has 102 valence electrons. The number of carbonyl (C=O) groups is 1. The van der Waals surface area contributed by atoms with Gasteiger partial charge in [-0.1, -0.05) is 6.92 Å². The van der Waals surface area contributed by atoms with E-state index >= 15 is 0 Å². The summed E-state index contributed by atoms with van der Waals surface area (Å²) in [6.45, 7) is 8.16. The van der Waals surface area contributed by atoms with Crippen molar-refractivity contribution in [3.63, 3.8) is 0 Å². The van der Waals surface area contributed by atoms with Crippen molar-refractivity contribution in [3.05, 3.63) is 11.1 Å². The summed E-state index contributed by atoms with van der Waals surface area (Å²) < 4.78 is 0. The minimum atomic E-state index is -0.294. The van der Waals surface area contributed by atoms with Crippen molar-refractivity contribution in [1.29, 1.82) is 0 Å². The molecule has 18 heavy (non-hydrogen) atoms. The number of nitrogens with two attached hydrogens (primary N) is 1. The van der Waals surface area contributed by atoms with Crippen molar-refractivity contribution >= 4 is 22.4 Å². The van der Waals surface area contributed by atoms with Gasteiger partial charge >= 0.3 is 0 Å². The van der Waals surface area contributed by atoms with E-state index in [1.807, 2.05) is 11.1 Å². The molecule has 0 aliphatic rings. The average molecular weight is 270 g/mol. The van der Waals surface area contributed by atoms with Crippen LogP contribution in [0.1, 0.15) is 32.1 Å². The molecule has 5 nitrogen and oxygen atoms in total. The number of amides is 1. The number of nitrogens with one attached hydrogen (secondary N) is 1. The van der Waals surface area contributed by atoms with E-state index in [9.17, 15) is 4.79 Å². The molecule has 1 heterocycles. The SMILES string of the molecule is CCCNc1ncc(CN(CC(N)=O)C(C)C)s1. The number of primary amides is 1. The third-order valence-electron chi connectivity index (χ3n) is 2.53. The quantitative estimate of drug-likeness (QED) is 0.753. The fourth-order valence-corrected chi connectivity index (χ4v) is 2.38. The lowest BCUT2D eigenvalue weighted by Gasteiger charge is -2.23. The molecule has 0 radical (unpaired) electrons. The first-order valence-electron chi connectivity index (χ1n) is 6.23. The summed E-state index contributed by atoms with van der Waals surface area (Å²) in [4.78, 5) is 18.5. The highest BCUT2D eigenvalue weighted by Gasteiger charge is 2.14. The molecule has 0 aromatic carbocycles. The van der Waals surface area contributed by atoms with Gasteiger partial charge in [-0.15, -0.1) is 11.3 Å². The van der Waals surface area contributed by atoms with Crippen LogP contribution in [0, 0.1) is 0 Å². The number of hydrogen-bond acceptors (Lipinski definition) is 5. The molecule has 1 aromatic heterocycles. The molecule has 0 bridgehead atoms. The normalized spacial score (nSPS) is 11.2.